The normalized spacial score (nSPS) is 10.8. The van der Waals surface area contributed by atoms with Crippen molar-refractivity contribution in [3.05, 3.63) is 53.1 Å². The molecule has 2 aromatic rings. The van der Waals surface area contributed by atoms with Crippen molar-refractivity contribution in [2.75, 3.05) is 23.4 Å². The van der Waals surface area contributed by atoms with E-state index in [2.05, 4.69) is 16.7 Å². The van der Waals surface area contributed by atoms with E-state index in [0.29, 0.717) is 28.9 Å². The van der Waals surface area contributed by atoms with E-state index in [0.717, 1.165) is 5.56 Å². The fourth-order valence-electron chi connectivity index (χ4n) is 2.77. The molecule has 0 bridgehead atoms. The summed E-state index contributed by atoms with van der Waals surface area (Å²) < 4.78 is 23.9. The first kappa shape index (κ1) is 19.5. The maximum atomic E-state index is 12.1. The van der Waals surface area contributed by atoms with Gasteiger partial charge in [-0.05, 0) is 48.7 Å². The predicted molar refractivity (Wildman–Crippen MR) is 102 cm³/mol. The third-order valence-electron chi connectivity index (χ3n) is 3.93. The first-order valence-electron chi connectivity index (χ1n) is 8.02. The highest BCUT2D eigenvalue weighted by Crippen LogP contribution is 2.26. The Kier molecular flexibility index (Phi) is 6.01. The van der Waals surface area contributed by atoms with Gasteiger partial charge in [-0.1, -0.05) is 18.2 Å². The van der Waals surface area contributed by atoms with Gasteiger partial charge in [-0.3, -0.25) is 4.79 Å². The van der Waals surface area contributed by atoms with Crippen molar-refractivity contribution < 1.29 is 13.2 Å². The summed E-state index contributed by atoms with van der Waals surface area (Å²) in [6.07, 6.45) is 1.50. The Morgan fingerprint density at radius 1 is 1.12 bits per heavy atom. The number of sulfone groups is 1. The molecule has 0 aliphatic rings. The molecule has 0 saturated heterocycles. The van der Waals surface area contributed by atoms with Crippen molar-refractivity contribution in [2.24, 2.45) is 0 Å². The number of nitrogens with one attached hydrogen (secondary N) is 2. The summed E-state index contributed by atoms with van der Waals surface area (Å²) >= 11 is 0. The molecule has 0 aliphatic carbocycles. The smallest absolute Gasteiger partial charge is 0.243 e. The number of hydrogen-bond acceptors (Lipinski definition) is 5. The minimum Gasteiger partial charge on any atom is -0.376 e. The van der Waals surface area contributed by atoms with Crippen molar-refractivity contribution in [2.45, 2.75) is 25.2 Å². The van der Waals surface area contributed by atoms with E-state index in [1.165, 1.54) is 6.26 Å². The molecule has 0 aromatic heterocycles. The molecule has 0 heterocycles. The van der Waals surface area contributed by atoms with Crippen molar-refractivity contribution in [1.29, 1.82) is 5.26 Å². The zero-order valence-electron chi connectivity index (χ0n) is 15.0. The Hall–Kier alpha value is -2.85. The van der Waals surface area contributed by atoms with E-state index in [4.69, 9.17) is 5.26 Å². The van der Waals surface area contributed by atoms with E-state index in [9.17, 15) is 13.2 Å². The lowest BCUT2D eigenvalue weighted by atomic mass is 10.1. The Balaban J connectivity index is 2.05. The van der Waals surface area contributed by atoms with Crippen molar-refractivity contribution in [3.63, 3.8) is 0 Å². The number of carbonyl (C=O) groups is 1. The molecule has 0 radical (unpaired) electrons. The summed E-state index contributed by atoms with van der Waals surface area (Å²) in [5, 5.41) is 14.4. The maximum Gasteiger partial charge on any atom is 0.243 e. The van der Waals surface area contributed by atoms with Crippen molar-refractivity contribution in [3.8, 4) is 6.07 Å². The number of rotatable bonds is 6. The van der Waals surface area contributed by atoms with Gasteiger partial charge in [0.1, 0.15) is 0 Å². The maximum absolute atomic E-state index is 12.1. The molecule has 7 heteroatoms. The van der Waals surface area contributed by atoms with Gasteiger partial charge in [0.25, 0.3) is 0 Å². The number of anilines is 2. The van der Waals surface area contributed by atoms with Crippen LogP contribution >= 0.6 is 0 Å². The van der Waals surface area contributed by atoms with Gasteiger partial charge in [-0.2, -0.15) is 5.26 Å². The van der Waals surface area contributed by atoms with E-state index < -0.39 is 9.84 Å². The van der Waals surface area contributed by atoms with Gasteiger partial charge < -0.3 is 10.6 Å². The van der Waals surface area contributed by atoms with E-state index in [1.54, 1.807) is 50.2 Å². The first-order chi connectivity index (χ1) is 12.2. The van der Waals surface area contributed by atoms with Crippen LogP contribution in [0.25, 0.3) is 0 Å². The molecule has 2 aromatic carbocycles. The quantitative estimate of drug-likeness (QED) is 0.813. The minimum atomic E-state index is -3.35. The second-order valence-corrected chi connectivity index (χ2v) is 8.04. The zero-order valence-corrected chi connectivity index (χ0v) is 15.8. The largest absolute Gasteiger partial charge is 0.376 e. The molecule has 2 N–H and O–H groups in total. The topological polar surface area (TPSA) is 99.1 Å². The summed E-state index contributed by atoms with van der Waals surface area (Å²) in [5.74, 6) is -0.251. The summed E-state index contributed by atoms with van der Waals surface area (Å²) in [4.78, 5) is 12.4. The molecular formula is C19H21N3O3S. The average Bonchev–Trinajstić information content (AvgIpc) is 2.55. The lowest BCUT2D eigenvalue weighted by Crippen LogP contribution is -2.22. The molecule has 0 fully saturated rings. The second-order valence-electron chi connectivity index (χ2n) is 6.09. The molecule has 6 nitrogen and oxygen atoms in total. The molecule has 2 rings (SSSR count). The van der Waals surface area contributed by atoms with Crippen molar-refractivity contribution >= 4 is 27.1 Å². The standard InChI is InChI=1S/C19H21N3O3S/c1-13-4-9-17(14(2)19(13)26(3,24)25)21-12-18(23)22-16-7-5-15(6-8-16)10-11-20/h4-9,21H,10,12H2,1-3H3,(H,22,23). The molecule has 0 saturated carbocycles. The number of amides is 1. The number of carbonyl (C=O) groups excluding carboxylic acids is 1. The minimum absolute atomic E-state index is 0.00699. The first-order valence-corrected chi connectivity index (χ1v) is 9.91. The summed E-state index contributed by atoms with van der Waals surface area (Å²) in [7, 11) is -3.35. The van der Waals surface area contributed by atoms with Gasteiger partial charge in [0.15, 0.2) is 9.84 Å². The molecule has 0 spiro atoms. The SMILES string of the molecule is Cc1ccc(NCC(=O)Nc2ccc(CC#N)cc2)c(C)c1S(C)(=O)=O. The van der Waals surface area contributed by atoms with Crippen LogP contribution in [-0.2, 0) is 21.1 Å². The molecule has 1 amide bonds. The van der Waals surface area contributed by atoms with Crippen LogP contribution in [0.2, 0.25) is 0 Å². The Labute approximate surface area is 153 Å². The predicted octanol–water partition coefficient (Wildman–Crippen LogP) is 2.82. The summed E-state index contributed by atoms with van der Waals surface area (Å²) in [5.41, 5.74) is 3.40. The molecule has 136 valence electrons. The Morgan fingerprint density at radius 3 is 2.35 bits per heavy atom. The Bertz CT molecular complexity index is 959. The highest BCUT2D eigenvalue weighted by atomic mass is 32.2. The molecule has 26 heavy (non-hydrogen) atoms. The van der Waals surface area contributed by atoms with Gasteiger partial charge in [0.2, 0.25) is 5.91 Å². The van der Waals surface area contributed by atoms with Crippen LogP contribution in [0.15, 0.2) is 41.3 Å². The molecule has 0 aliphatic heterocycles. The molecule has 0 unspecified atom stereocenters. The number of aryl methyl sites for hydroxylation is 1. The fraction of sp³-hybridized carbons (Fsp3) is 0.263. The van der Waals surface area contributed by atoms with E-state index in [-0.39, 0.29) is 17.3 Å². The number of nitrogens with zero attached hydrogens (tertiary/aromatic N) is 1. The van der Waals surface area contributed by atoms with Gasteiger partial charge in [0, 0.05) is 17.6 Å². The lowest BCUT2D eigenvalue weighted by Gasteiger charge is -2.14. The second kappa shape index (κ2) is 8.02. The fourth-order valence-corrected chi connectivity index (χ4v) is 4.09. The highest BCUT2D eigenvalue weighted by Gasteiger charge is 2.17. The monoisotopic (exact) mass is 371 g/mol. The van der Waals surface area contributed by atoms with Gasteiger partial charge in [-0.25, -0.2) is 8.42 Å². The molecule has 0 atom stereocenters. The van der Waals surface area contributed by atoms with Crippen LogP contribution in [-0.4, -0.2) is 27.1 Å². The van der Waals surface area contributed by atoms with Crippen LogP contribution in [0.5, 0.6) is 0 Å². The number of benzene rings is 2. The number of nitriles is 1. The summed E-state index contributed by atoms with van der Waals surface area (Å²) in [6.45, 7) is 3.47. The van der Waals surface area contributed by atoms with Crippen LogP contribution in [0.4, 0.5) is 11.4 Å². The van der Waals surface area contributed by atoms with Gasteiger partial charge in [-0.15, -0.1) is 0 Å². The van der Waals surface area contributed by atoms with Gasteiger partial charge >= 0.3 is 0 Å². The van der Waals surface area contributed by atoms with Crippen LogP contribution in [0.3, 0.4) is 0 Å². The Morgan fingerprint density at radius 2 is 1.77 bits per heavy atom. The van der Waals surface area contributed by atoms with E-state index >= 15 is 0 Å². The lowest BCUT2D eigenvalue weighted by molar-refractivity contribution is -0.114. The third kappa shape index (κ3) is 4.83. The highest BCUT2D eigenvalue weighted by molar-refractivity contribution is 7.90. The van der Waals surface area contributed by atoms with Crippen molar-refractivity contribution in [1.82, 2.24) is 0 Å². The van der Waals surface area contributed by atoms with Gasteiger partial charge in [0.05, 0.1) is 23.9 Å². The summed E-state index contributed by atoms with van der Waals surface area (Å²) in [6, 6.07) is 12.6. The van der Waals surface area contributed by atoms with E-state index in [1.807, 2.05) is 0 Å². The van der Waals surface area contributed by atoms with Crippen LogP contribution in [0, 0.1) is 25.2 Å². The van der Waals surface area contributed by atoms with Crippen LogP contribution in [0.1, 0.15) is 16.7 Å². The third-order valence-corrected chi connectivity index (χ3v) is 5.30. The average molecular weight is 371 g/mol. The zero-order chi connectivity index (χ0) is 19.3. The van der Waals surface area contributed by atoms with Crippen LogP contribution < -0.4 is 10.6 Å². The molecular weight excluding hydrogens is 350 g/mol. The number of hydrogen-bond donors (Lipinski definition) is 2.